The van der Waals surface area contributed by atoms with E-state index in [1.165, 1.54) is 17.0 Å². The lowest BCUT2D eigenvalue weighted by molar-refractivity contribution is -0.146. The topological polar surface area (TPSA) is 192 Å². The lowest BCUT2D eigenvalue weighted by Gasteiger charge is -2.34. The summed E-state index contributed by atoms with van der Waals surface area (Å²) in [7, 11) is -3.04. The summed E-state index contributed by atoms with van der Waals surface area (Å²) in [6.45, 7) is 3.17. The van der Waals surface area contributed by atoms with Crippen LogP contribution in [0.3, 0.4) is 0 Å². The Kier molecular flexibility index (Phi) is 10.6. The average molecular weight is 579 g/mol. The molecule has 2 aliphatic rings. The summed E-state index contributed by atoms with van der Waals surface area (Å²) in [6, 6.07) is 2.79. The fraction of sp³-hybridized carbons (Fsp3) is 0.577. The quantitative estimate of drug-likeness (QED) is 0.120. The van der Waals surface area contributed by atoms with E-state index in [1.807, 2.05) is 0 Å². The van der Waals surface area contributed by atoms with Crippen LogP contribution in [-0.4, -0.2) is 93.1 Å². The molecule has 0 aromatic heterocycles. The number of rotatable bonds is 11. The molecule has 2 saturated heterocycles. The second-order valence-electron chi connectivity index (χ2n) is 10.3. The number of likely N-dealkylation sites (tertiary alicyclic amines) is 2. The predicted octanol–water partition coefficient (Wildman–Crippen LogP) is -0.125. The summed E-state index contributed by atoms with van der Waals surface area (Å²) >= 11 is 0. The van der Waals surface area contributed by atoms with Crippen LogP contribution in [0.2, 0.25) is 0 Å². The monoisotopic (exact) mass is 578 g/mol. The molecule has 4 atom stereocenters. The average Bonchev–Trinajstić information content (AvgIpc) is 3.42. The van der Waals surface area contributed by atoms with Gasteiger partial charge in [-0.05, 0) is 57.1 Å². The number of ether oxygens (including phenoxy) is 1. The molecule has 3 rings (SSSR count). The molecule has 0 radical (unpaired) electrons. The van der Waals surface area contributed by atoms with Crippen LogP contribution in [0.5, 0.6) is 0 Å². The number of hydrogen-bond donors (Lipinski definition) is 4. The number of esters is 1. The molecule has 0 aliphatic carbocycles. The number of hydrogen-bond acceptors (Lipinski definition) is 8. The number of aryl methyl sites for hydroxylation is 1. The molecule has 0 bridgehead atoms. The van der Waals surface area contributed by atoms with Gasteiger partial charge < -0.3 is 30.4 Å². The Hall–Kier alpha value is -3.52. The maximum Gasteiger partial charge on any atom is 0.307 e. The molecule has 0 saturated carbocycles. The fourth-order valence-electron chi connectivity index (χ4n) is 5.17. The molecule has 2 amide bonds. The Balaban J connectivity index is 1.71. The maximum atomic E-state index is 13.6. The van der Waals surface area contributed by atoms with Gasteiger partial charge >= 0.3 is 5.97 Å². The Morgan fingerprint density at radius 2 is 1.85 bits per heavy atom. The van der Waals surface area contributed by atoms with E-state index in [9.17, 15) is 27.6 Å². The molecule has 14 heteroatoms. The van der Waals surface area contributed by atoms with Gasteiger partial charge in [-0.3, -0.25) is 19.8 Å². The van der Waals surface area contributed by atoms with Crippen molar-refractivity contribution in [3.05, 3.63) is 29.8 Å². The van der Waals surface area contributed by atoms with Crippen LogP contribution < -0.4 is 15.8 Å². The number of carbonyl (C=O) groups excluding carboxylic acids is 4. The van der Waals surface area contributed by atoms with Gasteiger partial charge in [0.25, 0.3) is 0 Å². The third-order valence-corrected chi connectivity index (χ3v) is 8.79. The zero-order valence-corrected chi connectivity index (χ0v) is 23.6. The Labute approximate surface area is 234 Å². The molecule has 40 heavy (non-hydrogen) atoms. The van der Waals surface area contributed by atoms with E-state index in [4.69, 9.17) is 11.1 Å². The number of piperidine rings is 1. The van der Waals surface area contributed by atoms with Crippen molar-refractivity contribution >= 4 is 40.1 Å². The SMILES string of the molecule is COC(=O)CC(NS(=O)(=O)c1ccc(C)cc1)C(=O)N1CCCC1C(=O)NC(C=O)CC1CCCN(C(=N)N)C1. The van der Waals surface area contributed by atoms with Crippen LogP contribution in [-0.2, 0) is 33.9 Å². The van der Waals surface area contributed by atoms with E-state index in [0.717, 1.165) is 25.5 Å². The normalized spacial score (nSPS) is 20.9. The highest BCUT2D eigenvalue weighted by molar-refractivity contribution is 7.89. The van der Waals surface area contributed by atoms with Gasteiger partial charge in [0.1, 0.15) is 18.4 Å². The maximum absolute atomic E-state index is 13.6. The molecule has 1 aromatic rings. The van der Waals surface area contributed by atoms with Crippen molar-refractivity contribution in [1.29, 1.82) is 5.41 Å². The molecule has 1 aromatic carbocycles. The fourth-order valence-corrected chi connectivity index (χ4v) is 6.36. The zero-order chi connectivity index (χ0) is 29.4. The van der Waals surface area contributed by atoms with Crippen molar-refractivity contribution in [3.63, 3.8) is 0 Å². The molecule has 2 heterocycles. The van der Waals surface area contributed by atoms with Crippen molar-refractivity contribution in [2.75, 3.05) is 26.7 Å². The first-order valence-electron chi connectivity index (χ1n) is 13.3. The van der Waals surface area contributed by atoms with Crippen LogP contribution in [0.4, 0.5) is 0 Å². The van der Waals surface area contributed by atoms with Crippen molar-refractivity contribution in [2.45, 2.75) is 68.5 Å². The van der Waals surface area contributed by atoms with Crippen LogP contribution in [0.1, 0.15) is 44.1 Å². The molecular weight excluding hydrogens is 540 g/mol. The highest BCUT2D eigenvalue weighted by Crippen LogP contribution is 2.23. The number of aldehydes is 1. The number of guanidine groups is 1. The standard InChI is InChI=1S/C26H38N6O7S/c1-17-7-9-20(10-8-17)40(37,38)30-21(14-23(34)39-2)25(36)32-12-4-6-22(32)24(35)29-19(16-33)13-18-5-3-11-31(15-18)26(27)28/h7-10,16,18-19,21-22,30H,3-6,11-15H2,1-2H3,(H3,27,28)(H,29,35). The smallest absolute Gasteiger partial charge is 0.307 e. The van der Waals surface area contributed by atoms with Crippen molar-refractivity contribution in [1.82, 2.24) is 19.8 Å². The number of nitrogens with zero attached hydrogens (tertiary/aromatic N) is 2. The number of methoxy groups -OCH3 is 1. The van der Waals surface area contributed by atoms with E-state index < -0.39 is 52.4 Å². The molecule has 2 fully saturated rings. The highest BCUT2D eigenvalue weighted by atomic mass is 32.2. The van der Waals surface area contributed by atoms with Gasteiger partial charge in [0, 0.05) is 19.6 Å². The summed E-state index contributed by atoms with van der Waals surface area (Å²) in [5.74, 6) is -2.03. The largest absolute Gasteiger partial charge is 0.469 e. The highest BCUT2D eigenvalue weighted by Gasteiger charge is 2.40. The van der Waals surface area contributed by atoms with Crippen LogP contribution >= 0.6 is 0 Å². The minimum atomic E-state index is -4.17. The Bertz CT molecular complexity index is 1210. The van der Waals surface area contributed by atoms with Gasteiger partial charge in [0.05, 0.1) is 24.5 Å². The van der Waals surface area contributed by atoms with Gasteiger partial charge in [-0.2, -0.15) is 4.72 Å². The third-order valence-electron chi connectivity index (χ3n) is 7.30. The molecule has 13 nitrogen and oxygen atoms in total. The second-order valence-corrected chi connectivity index (χ2v) is 12.0. The summed E-state index contributed by atoms with van der Waals surface area (Å²) in [5, 5.41) is 10.4. The predicted molar refractivity (Wildman–Crippen MR) is 145 cm³/mol. The number of amides is 2. The van der Waals surface area contributed by atoms with Gasteiger partial charge in [0.15, 0.2) is 5.96 Å². The lowest BCUT2D eigenvalue weighted by atomic mass is 9.91. The summed E-state index contributed by atoms with van der Waals surface area (Å²) in [4.78, 5) is 53.6. The van der Waals surface area contributed by atoms with Crippen LogP contribution in [0.25, 0.3) is 0 Å². The van der Waals surface area contributed by atoms with Crippen molar-refractivity contribution in [3.8, 4) is 0 Å². The number of carbonyl (C=O) groups is 4. The van der Waals surface area contributed by atoms with Crippen molar-refractivity contribution in [2.24, 2.45) is 11.7 Å². The first-order valence-corrected chi connectivity index (χ1v) is 14.7. The summed E-state index contributed by atoms with van der Waals surface area (Å²) < 4.78 is 33.0. The molecule has 220 valence electrons. The van der Waals surface area contributed by atoms with Crippen molar-refractivity contribution < 1.29 is 32.3 Å². The molecule has 5 N–H and O–H groups in total. The van der Waals surface area contributed by atoms with E-state index in [0.29, 0.717) is 38.6 Å². The Morgan fingerprint density at radius 1 is 1.18 bits per heavy atom. The minimum Gasteiger partial charge on any atom is -0.469 e. The summed E-state index contributed by atoms with van der Waals surface area (Å²) in [5.41, 5.74) is 6.45. The third kappa shape index (κ3) is 8.01. The first kappa shape index (κ1) is 31.0. The van der Waals surface area contributed by atoms with Gasteiger partial charge in [-0.25, -0.2) is 8.42 Å². The lowest BCUT2D eigenvalue weighted by Crippen LogP contribution is -2.55. The van der Waals surface area contributed by atoms with Gasteiger partial charge in [-0.15, -0.1) is 0 Å². The first-order chi connectivity index (χ1) is 18.9. The van der Waals surface area contributed by atoms with Crippen LogP contribution in [0, 0.1) is 18.3 Å². The number of sulfonamides is 1. The van der Waals surface area contributed by atoms with E-state index in [2.05, 4.69) is 14.8 Å². The number of nitrogens with one attached hydrogen (secondary N) is 3. The van der Waals surface area contributed by atoms with Gasteiger partial charge in [-0.1, -0.05) is 17.7 Å². The molecule has 0 spiro atoms. The summed E-state index contributed by atoms with van der Waals surface area (Å²) in [6.07, 6.45) is 2.91. The van der Waals surface area contributed by atoms with E-state index in [-0.39, 0.29) is 23.3 Å². The van der Waals surface area contributed by atoms with E-state index >= 15 is 0 Å². The molecular formula is C26H38N6O7S. The van der Waals surface area contributed by atoms with Crippen LogP contribution in [0.15, 0.2) is 29.2 Å². The minimum absolute atomic E-state index is 0.0315. The zero-order valence-electron chi connectivity index (χ0n) is 22.8. The van der Waals surface area contributed by atoms with E-state index in [1.54, 1.807) is 24.0 Å². The number of benzene rings is 1. The van der Waals surface area contributed by atoms with Gasteiger partial charge in [0.2, 0.25) is 21.8 Å². The number of nitrogens with two attached hydrogens (primary N) is 1. The second kappa shape index (κ2) is 13.7. The molecule has 2 aliphatic heterocycles. The Morgan fingerprint density at radius 3 is 2.48 bits per heavy atom. The molecule has 4 unspecified atom stereocenters.